The summed E-state index contributed by atoms with van der Waals surface area (Å²) >= 11 is -1.71. The van der Waals surface area contributed by atoms with Crippen molar-refractivity contribution in [3.05, 3.63) is 35.4 Å². The van der Waals surface area contributed by atoms with Gasteiger partial charge in [-0.2, -0.15) is 13.2 Å². The third-order valence-corrected chi connectivity index (χ3v) is 5.54. The van der Waals surface area contributed by atoms with E-state index < -0.39 is 22.8 Å². The zero-order valence-corrected chi connectivity index (χ0v) is 15.0. The SMILES string of the molecule is O=S(O)CCCNC1CCC(CCc2ccc(C(F)(F)F)cc2)CC1. The molecule has 1 aromatic rings. The summed E-state index contributed by atoms with van der Waals surface area (Å²) in [6, 6.07) is 5.97. The molecule has 1 aromatic carbocycles. The Morgan fingerprint density at radius 2 is 1.76 bits per heavy atom. The fraction of sp³-hybridized carbons (Fsp3) is 0.667. The standard InChI is InChI=1S/C18H26F3NO2S/c19-18(20,21)16-8-4-14(5-9-16)2-3-15-6-10-17(11-7-15)22-12-1-13-25(23)24/h4-5,8-9,15,17,22H,1-3,6-7,10-13H2,(H,23,24). The van der Waals surface area contributed by atoms with Gasteiger partial charge < -0.3 is 9.87 Å². The molecule has 1 atom stereocenters. The molecule has 0 saturated heterocycles. The molecule has 0 bridgehead atoms. The van der Waals surface area contributed by atoms with Gasteiger partial charge in [-0.25, -0.2) is 4.21 Å². The van der Waals surface area contributed by atoms with Gasteiger partial charge in [-0.05, 0) is 75.1 Å². The number of nitrogens with one attached hydrogen (secondary N) is 1. The van der Waals surface area contributed by atoms with Crippen LogP contribution in [0.1, 0.15) is 49.7 Å². The lowest BCUT2D eigenvalue weighted by Crippen LogP contribution is -2.34. The minimum atomic E-state index is -4.27. The summed E-state index contributed by atoms with van der Waals surface area (Å²) in [6.07, 6.45) is 2.73. The fourth-order valence-electron chi connectivity index (χ4n) is 3.39. The van der Waals surface area contributed by atoms with Crippen LogP contribution >= 0.6 is 0 Å². The van der Waals surface area contributed by atoms with E-state index in [1.807, 2.05) is 0 Å². The van der Waals surface area contributed by atoms with E-state index in [1.165, 1.54) is 0 Å². The highest BCUT2D eigenvalue weighted by Gasteiger charge is 2.30. The van der Waals surface area contributed by atoms with Crippen molar-refractivity contribution in [1.82, 2.24) is 5.32 Å². The largest absolute Gasteiger partial charge is 0.416 e. The van der Waals surface area contributed by atoms with Crippen LogP contribution in [0.15, 0.2) is 24.3 Å². The normalized spacial score (nSPS) is 22.7. The number of benzene rings is 1. The van der Waals surface area contributed by atoms with Crippen molar-refractivity contribution in [2.75, 3.05) is 12.3 Å². The predicted octanol–water partition coefficient (Wildman–Crippen LogP) is 4.40. The highest BCUT2D eigenvalue weighted by molar-refractivity contribution is 7.79. The topological polar surface area (TPSA) is 49.3 Å². The molecule has 0 amide bonds. The number of alkyl halides is 3. The van der Waals surface area contributed by atoms with E-state index in [0.717, 1.165) is 62.8 Å². The van der Waals surface area contributed by atoms with Gasteiger partial charge in [0.25, 0.3) is 0 Å². The number of aryl methyl sites for hydroxylation is 1. The lowest BCUT2D eigenvalue weighted by molar-refractivity contribution is -0.137. The van der Waals surface area contributed by atoms with Crippen LogP contribution in [0.2, 0.25) is 0 Å². The molecule has 1 saturated carbocycles. The molecule has 7 heteroatoms. The van der Waals surface area contributed by atoms with Crippen LogP contribution in [0.3, 0.4) is 0 Å². The Bertz CT molecular complexity index is 540. The monoisotopic (exact) mass is 377 g/mol. The molecule has 25 heavy (non-hydrogen) atoms. The van der Waals surface area contributed by atoms with E-state index in [4.69, 9.17) is 4.55 Å². The molecule has 2 rings (SSSR count). The summed E-state index contributed by atoms with van der Waals surface area (Å²) in [5.74, 6) is 0.945. The lowest BCUT2D eigenvalue weighted by atomic mass is 9.82. The molecule has 0 spiro atoms. The Kier molecular flexibility index (Phi) is 7.90. The van der Waals surface area contributed by atoms with Gasteiger partial charge in [-0.15, -0.1) is 0 Å². The van der Waals surface area contributed by atoms with Crippen molar-refractivity contribution in [2.45, 2.75) is 57.2 Å². The number of rotatable bonds is 8. The zero-order chi connectivity index (χ0) is 18.3. The number of hydrogen-bond donors (Lipinski definition) is 2. The summed E-state index contributed by atoms with van der Waals surface area (Å²) < 4.78 is 56.9. The molecule has 3 nitrogen and oxygen atoms in total. The summed E-state index contributed by atoms with van der Waals surface area (Å²) in [5.41, 5.74) is 0.373. The first kappa shape index (κ1) is 20.4. The zero-order valence-electron chi connectivity index (χ0n) is 14.2. The number of halogens is 3. The molecule has 1 aliphatic carbocycles. The summed E-state index contributed by atoms with van der Waals surface area (Å²) in [5, 5.41) is 3.44. The molecule has 2 N–H and O–H groups in total. The van der Waals surface area contributed by atoms with Gasteiger partial charge in [0.2, 0.25) is 0 Å². The highest BCUT2D eigenvalue weighted by Crippen LogP contribution is 2.30. The van der Waals surface area contributed by atoms with E-state index in [0.29, 0.717) is 24.1 Å². The second kappa shape index (κ2) is 9.69. The first-order valence-corrected chi connectivity index (χ1v) is 10.1. The van der Waals surface area contributed by atoms with E-state index in [2.05, 4.69) is 5.32 Å². The van der Waals surface area contributed by atoms with Gasteiger partial charge in [0.15, 0.2) is 11.1 Å². The minimum absolute atomic E-state index is 0.315. The second-order valence-corrected chi connectivity index (χ2v) is 7.84. The average Bonchev–Trinajstić information content (AvgIpc) is 2.57. The second-order valence-electron chi connectivity index (χ2n) is 6.78. The van der Waals surface area contributed by atoms with Gasteiger partial charge in [0.1, 0.15) is 0 Å². The fourth-order valence-corrected chi connectivity index (χ4v) is 3.78. The van der Waals surface area contributed by atoms with Gasteiger partial charge >= 0.3 is 6.18 Å². The van der Waals surface area contributed by atoms with E-state index in [9.17, 15) is 17.4 Å². The molecule has 0 heterocycles. The molecule has 0 aliphatic heterocycles. The summed E-state index contributed by atoms with van der Waals surface area (Å²) in [7, 11) is 0. The van der Waals surface area contributed by atoms with Crippen LogP contribution in [0.25, 0.3) is 0 Å². The average molecular weight is 377 g/mol. The molecular formula is C18H26F3NO2S. The quantitative estimate of drug-likeness (QED) is 0.522. The van der Waals surface area contributed by atoms with Gasteiger partial charge in [-0.3, -0.25) is 0 Å². The van der Waals surface area contributed by atoms with Crippen LogP contribution in [0.5, 0.6) is 0 Å². The van der Waals surface area contributed by atoms with Crippen molar-refractivity contribution in [1.29, 1.82) is 0 Å². The van der Waals surface area contributed by atoms with E-state index in [1.54, 1.807) is 12.1 Å². The molecule has 1 unspecified atom stereocenters. The van der Waals surface area contributed by atoms with E-state index in [-0.39, 0.29) is 0 Å². The highest BCUT2D eigenvalue weighted by atomic mass is 32.2. The maximum absolute atomic E-state index is 12.6. The molecule has 142 valence electrons. The van der Waals surface area contributed by atoms with Crippen molar-refractivity contribution < 1.29 is 21.9 Å². The molecule has 0 radical (unpaired) electrons. The minimum Gasteiger partial charge on any atom is -0.314 e. The smallest absolute Gasteiger partial charge is 0.314 e. The molecule has 1 fully saturated rings. The van der Waals surface area contributed by atoms with Gasteiger partial charge in [0, 0.05) is 6.04 Å². The molecule has 1 aliphatic rings. The molecule has 0 aromatic heterocycles. The van der Waals surface area contributed by atoms with Crippen LogP contribution in [-0.2, 0) is 23.7 Å². The van der Waals surface area contributed by atoms with Crippen molar-refractivity contribution in [2.24, 2.45) is 5.92 Å². The van der Waals surface area contributed by atoms with E-state index >= 15 is 0 Å². The van der Waals surface area contributed by atoms with Crippen LogP contribution in [0, 0.1) is 5.92 Å². The van der Waals surface area contributed by atoms with Crippen molar-refractivity contribution >= 4 is 11.1 Å². The van der Waals surface area contributed by atoms with Crippen LogP contribution in [-0.4, -0.2) is 27.1 Å². The number of hydrogen-bond acceptors (Lipinski definition) is 2. The Morgan fingerprint density at radius 1 is 1.12 bits per heavy atom. The molecular weight excluding hydrogens is 351 g/mol. The van der Waals surface area contributed by atoms with Crippen molar-refractivity contribution in [3.8, 4) is 0 Å². The Balaban J connectivity index is 1.64. The van der Waals surface area contributed by atoms with Crippen LogP contribution in [0.4, 0.5) is 13.2 Å². The maximum Gasteiger partial charge on any atom is 0.416 e. The summed E-state index contributed by atoms with van der Waals surface area (Å²) in [4.78, 5) is 0. The third kappa shape index (κ3) is 7.46. The Morgan fingerprint density at radius 3 is 2.32 bits per heavy atom. The lowest BCUT2D eigenvalue weighted by Gasteiger charge is -2.29. The van der Waals surface area contributed by atoms with Crippen LogP contribution < -0.4 is 5.32 Å². The van der Waals surface area contributed by atoms with Gasteiger partial charge in [0.05, 0.1) is 11.3 Å². The third-order valence-electron chi connectivity index (χ3n) is 4.90. The van der Waals surface area contributed by atoms with Crippen molar-refractivity contribution in [3.63, 3.8) is 0 Å². The summed E-state index contributed by atoms with van der Waals surface area (Å²) in [6.45, 7) is 0.771. The Labute approximate surface area is 149 Å². The Hall–Kier alpha value is -0.920. The first-order valence-electron chi connectivity index (χ1n) is 8.81. The predicted molar refractivity (Wildman–Crippen MR) is 93.8 cm³/mol. The van der Waals surface area contributed by atoms with Gasteiger partial charge in [-0.1, -0.05) is 12.1 Å². The first-order chi connectivity index (χ1) is 11.8. The maximum atomic E-state index is 12.6.